The molecule has 0 unspecified atom stereocenters. The molecule has 0 aliphatic carbocycles. The van der Waals surface area contributed by atoms with Gasteiger partial charge in [0.25, 0.3) is 5.91 Å². The molecular formula is C18H20N2O. The van der Waals surface area contributed by atoms with Crippen molar-refractivity contribution in [2.75, 3.05) is 0 Å². The minimum absolute atomic E-state index is 0.200. The van der Waals surface area contributed by atoms with Crippen molar-refractivity contribution in [2.24, 2.45) is 5.10 Å². The highest BCUT2D eigenvalue weighted by atomic mass is 16.2. The molecule has 0 atom stereocenters. The third-order valence-electron chi connectivity index (χ3n) is 3.30. The van der Waals surface area contributed by atoms with E-state index in [1.54, 1.807) is 6.21 Å². The van der Waals surface area contributed by atoms with Crippen LogP contribution < -0.4 is 5.43 Å². The maximum Gasteiger partial charge on any atom is 0.271 e. The van der Waals surface area contributed by atoms with E-state index in [1.807, 2.05) is 55.5 Å². The number of benzene rings is 2. The van der Waals surface area contributed by atoms with Crippen molar-refractivity contribution in [1.82, 2.24) is 5.43 Å². The molecule has 0 aliphatic heterocycles. The molecular weight excluding hydrogens is 260 g/mol. The first-order valence-corrected chi connectivity index (χ1v) is 7.06. The monoisotopic (exact) mass is 280 g/mol. The summed E-state index contributed by atoms with van der Waals surface area (Å²) in [6.07, 6.45) is 1.64. The first-order valence-electron chi connectivity index (χ1n) is 7.06. The van der Waals surface area contributed by atoms with Crippen molar-refractivity contribution < 1.29 is 4.79 Å². The lowest BCUT2D eigenvalue weighted by atomic mass is 10.0. The maximum atomic E-state index is 11.9. The fourth-order valence-corrected chi connectivity index (χ4v) is 1.90. The van der Waals surface area contributed by atoms with E-state index in [4.69, 9.17) is 0 Å². The third kappa shape index (κ3) is 4.28. The molecule has 1 N–H and O–H groups in total. The lowest BCUT2D eigenvalue weighted by Gasteiger charge is -2.05. The Labute approximate surface area is 125 Å². The van der Waals surface area contributed by atoms with Crippen LogP contribution in [0.15, 0.2) is 53.6 Å². The van der Waals surface area contributed by atoms with Crippen molar-refractivity contribution in [3.63, 3.8) is 0 Å². The van der Waals surface area contributed by atoms with Crippen LogP contribution >= 0.6 is 0 Å². The van der Waals surface area contributed by atoms with Crippen LogP contribution in [0.4, 0.5) is 0 Å². The molecule has 21 heavy (non-hydrogen) atoms. The zero-order valence-corrected chi connectivity index (χ0v) is 12.6. The lowest BCUT2D eigenvalue weighted by molar-refractivity contribution is 0.0955. The first-order chi connectivity index (χ1) is 10.1. The summed E-state index contributed by atoms with van der Waals surface area (Å²) in [5.74, 6) is 0.260. The van der Waals surface area contributed by atoms with Gasteiger partial charge in [0, 0.05) is 5.56 Å². The predicted molar refractivity (Wildman–Crippen MR) is 86.8 cm³/mol. The second-order valence-electron chi connectivity index (χ2n) is 5.39. The molecule has 0 bridgehead atoms. The Morgan fingerprint density at radius 2 is 1.67 bits per heavy atom. The lowest BCUT2D eigenvalue weighted by Crippen LogP contribution is -2.17. The molecule has 2 aromatic carbocycles. The van der Waals surface area contributed by atoms with Gasteiger partial charge in [-0.1, -0.05) is 55.8 Å². The van der Waals surface area contributed by atoms with Crippen LogP contribution in [-0.4, -0.2) is 12.1 Å². The third-order valence-corrected chi connectivity index (χ3v) is 3.30. The van der Waals surface area contributed by atoms with Crippen LogP contribution in [0.5, 0.6) is 0 Å². The Hall–Kier alpha value is -2.42. The van der Waals surface area contributed by atoms with Gasteiger partial charge in [-0.3, -0.25) is 4.79 Å². The van der Waals surface area contributed by atoms with Crippen molar-refractivity contribution >= 4 is 12.1 Å². The van der Waals surface area contributed by atoms with Crippen molar-refractivity contribution in [1.29, 1.82) is 0 Å². The van der Waals surface area contributed by atoms with Gasteiger partial charge in [0.15, 0.2) is 0 Å². The van der Waals surface area contributed by atoms with Gasteiger partial charge in [-0.2, -0.15) is 5.10 Å². The van der Waals surface area contributed by atoms with Gasteiger partial charge in [-0.15, -0.1) is 0 Å². The summed E-state index contributed by atoms with van der Waals surface area (Å²) in [4.78, 5) is 11.9. The quantitative estimate of drug-likeness (QED) is 0.670. The van der Waals surface area contributed by atoms with Gasteiger partial charge in [-0.05, 0) is 36.1 Å². The summed E-state index contributed by atoms with van der Waals surface area (Å²) in [7, 11) is 0. The van der Waals surface area contributed by atoms with E-state index < -0.39 is 0 Å². The van der Waals surface area contributed by atoms with Gasteiger partial charge < -0.3 is 0 Å². The van der Waals surface area contributed by atoms with Gasteiger partial charge in [0.05, 0.1) is 6.21 Å². The number of hydrogen-bond donors (Lipinski definition) is 1. The SMILES string of the molecule is Cc1ccc(C=NNC(=O)c2ccc(C(C)C)cc2)cc1. The van der Waals surface area contributed by atoms with E-state index in [0.29, 0.717) is 11.5 Å². The van der Waals surface area contributed by atoms with E-state index >= 15 is 0 Å². The number of hydrogen-bond acceptors (Lipinski definition) is 2. The number of nitrogens with one attached hydrogen (secondary N) is 1. The first kappa shape index (κ1) is 15.0. The van der Waals surface area contributed by atoms with Gasteiger partial charge in [0.2, 0.25) is 0 Å². The Kier molecular flexibility index (Phi) is 4.88. The molecule has 0 saturated carbocycles. The standard InChI is InChI=1S/C18H20N2O/c1-13(2)16-8-10-17(11-9-16)18(21)20-19-12-15-6-4-14(3)5-7-15/h4-13H,1-3H3,(H,20,21). The van der Waals surface area contributed by atoms with Crippen molar-refractivity contribution in [3.8, 4) is 0 Å². The molecule has 1 amide bonds. The van der Waals surface area contributed by atoms with E-state index in [0.717, 1.165) is 5.56 Å². The molecule has 0 radical (unpaired) electrons. The average molecular weight is 280 g/mol. The van der Waals surface area contributed by atoms with E-state index in [1.165, 1.54) is 11.1 Å². The number of amides is 1. The highest BCUT2D eigenvalue weighted by molar-refractivity contribution is 5.94. The van der Waals surface area contributed by atoms with Crippen LogP contribution in [0.3, 0.4) is 0 Å². The van der Waals surface area contributed by atoms with Crippen LogP contribution in [0.2, 0.25) is 0 Å². The van der Waals surface area contributed by atoms with Gasteiger partial charge >= 0.3 is 0 Å². The predicted octanol–water partition coefficient (Wildman–Crippen LogP) is 3.88. The highest BCUT2D eigenvalue weighted by Gasteiger charge is 2.05. The topological polar surface area (TPSA) is 41.5 Å². The number of nitrogens with zero attached hydrogens (tertiary/aromatic N) is 1. The summed E-state index contributed by atoms with van der Waals surface area (Å²) in [5, 5.41) is 3.98. The summed E-state index contributed by atoms with van der Waals surface area (Å²) >= 11 is 0. The minimum Gasteiger partial charge on any atom is -0.267 e. The van der Waals surface area contributed by atoms with Crippen LogP contribution in [0.25, 0.3) is 0 Å². The number of carbonyl (C=O) groups is 1. The molecule has 3 heteroatoms. The average Bonchev–Trinajstić information content (AvgIpc) is 2.49. The molecule has 0 aliphatic rings. The minimum atomic E-state index is -0.200. The number of rotatable bonds is 4. The zero-order valence-electron chi connectivity index (χ0n) is 12.6. The molecule has 0 heterocycles. The Morgan fingerprint density at radius 3 is 2.24 bits per heavy atom. The van der Waals surface area contributed by atoms with E-state index in [-0.39, 0.29) is 5.91 Å². The van der Waals surface area contributed by atoms with Crippen LogP contribution in [0, 0.1) is 6.92 Å². The van der Waals surface area contributed by atoms with Crippen molar-refractivity contribution in [3.05, 3.63) is 70.8 Å². The summed E-state index contributed by atoms with van der Waals surface area (Å²) in [6, 6.07) is 15.5. The highest BCUT2D eigenvalue weighted by Crippen LogP contribution is 2.14. The normalized spacial score (nSPS) is 11.0. The molecule has 0 aromatic heterocycles. The Bertz CT molecular complexity index is 625. The van der Waals surface area contributed by atoms with Crippen LogP contribution in [0.1, 0.15) is 46.8 Å². The molecule has 108 valence electrons. The van der Waals surface area contributed by atoms with E-state index in [9.17, 15) is 4.79 Å². The van der Waals surface area contributed by atoms with Crippen molar-refractivity contribution in [2.45, 2.75) is 26.7 Å². The smallest absolute Gasteiger partial charge is 0.267 e. The summed E-state index contributed by atoms with van der Waals surface area (Å²) in [6.45, 7) is 6.28. The van der Waals surface area contributed by atoms with Gasteiger partial charge in [-0.25, -0.2) is 5.43 Å². The molecule has 2 aromatic rings. The maximum absolute atomic E-state index is 11.9. The number of carbonyl (C=O) groups excluding carboxylic acids is 1. The van der Waals surface area contributed by atoms with Gasteiger partial charge in [0.1, 0.15) is 0 Å². The fraction of sp³-hybridized carbons (Fsp3) is 0.222. The van der Waals surface area contributed by atoms with E-state index in [2.05, 4.69) is 24.4 Å². The summed E-state index contributed by atoms with van der Waals surface area (Å²) < 4.78 is 0. The molecule has 3 nitrogen and oxygen atoms in total. The zero-order chi connectivity index (χ0) is 15.2. The fourth-order valence-electron chi connectivity index (χ4n) is 1.90. The Morgan fingerprint density at radius 1 is 1.05 bits per heavy atom. The Balaban J connectivity index is 1.96. The second kappa shape index (κ2) is 6.84. The molecule has 0 saturated heterocycles. The number of aryl methyl sites for hydroxylation is 1. The summed E-state index contributed by atoms with van der Waals surface area (Å²) in [5.41, 5.74) is 6.52. The van der Waals surface area contributed by atoms with Crippen LogP contribution in [-0.2, 0) is 0 Å². The molecule has 2 rings (SSSR count). The molecule has 0 spiro atoms. The largest absolute Gasteiger partial charge is 0.271 e. The second-order valence-corrected chi connectivity index (χ2v) is 5.39. The molecule has 0 fully saturated rings. The number of hydrazone groups is 1.